The third-order valence-electron chi connectivity index (χ3n) is 5.44. The minimum Gasteiger partial charge on any atom is -0.370 e. The zero-order chi connectivity index (χ0) is 21.2. The molecule has 0 aliphatic rings. The van der Waals surface area contributed by atoms with Crippen molar-refractivity contribution in [3.05, 3.63) is 30.3 Å². The van der Waals surface area contributed by atoms with Crippen molar-refractivity contribution in [2.75, 3.05) is 5.75 Å². The summed E-state index contributed by atoms with van der Waals surface area (Å²) >= 11 is 0. The molecule has 0 radical (unpaired) electrons. The van der Waals surface area contributed by atoms with Crippen LogP contribution >= 0.6 is 0 Å². The number of carbonyl (C=O) groups excluding carboxylic acids is 1. The van der Waals surface area contributed by atoms with Gasteiger partial charge in [-0.05, 0) is 25.0 Å². The number of sulfone groups is 1. The summed E-state index contributed by atoms with van der Waals surface area (Å²) in [6.45, 7) is 0. The fourth-order valence-electron chi connectivity index (χ4n) is 3.64. The van der Waals surface area contributed by atoms with Gasteiger partial charge >= 0.3 is 0 Å². The Morgan fingerprint density at radius 3 is 1.41 bits per heavy atom. The van der Waals surface area contributed by atoms with Gasteiger partial charge in [0.2, 0.25) is 5.91 Å². The molecule has 0 unspecified atom stereocenters. The van der Waals surface area contributed by atoms with Crippen LogP contribution < -0.4 is 5.73 Å². The van der Waals surface area contributed by atoms with E-state index in [-0.39, 0.29) is 11.7 Å². The summed E-state index contributed by atoms with van der Waals surface area (Å²) in [6, 6.07) is 8.77. The molecule has 166 valence electrons. The van der Waals surface area contributed by atoms with Crippen LogP contribution in [0.15, 0.2) is 35.2 Å². The maximum Gasteiger partial charge on any atom is 0.217 e. The topological polar surface area (TPSA) is 77.2 Å². The molecule has 0 aliphatic carbocycles. The van der Waals surface area contributed by atoms with E-state index in [1.165, 1.54) is 64.2 Å². The molecule has 0 spiro atoms. The molecule has 0 aliphatic heterocycles. The Kier molecular flexibility index (Phi) is 14.6. The van der Waals surface area contributed by atoms with E-state index in [9.17, 15) is 13.2 Å². The van der Waals surface area contributed by atoms with Gasteiger partial charge in [-0.25, -0.2) is 8.42 Å². The van der Waals surface area contributed by atoms with Crippen LogP contribution in [-0.2, 0) is 14.6 Å². The van der Waals surface area contributed by atoms with Crippen molar-refractivity contribution in [2.24, 2.45) is 5.73 Å². The van der Waals surface area contributed by atoms with E-state index in [0.29, 0.717) is 11.3 Å². The lowest BCUT2D eigenvalue weighted by Crippen LogP contribution is -2.09. The van der Waals surface area contributed by atoms with Gasteiger partial charge in [0.25, 0.3) is 0 Å². The maximum atomic E-state index is 12.2. The predicted octanol–water partition coefficient (Wildman–Crippen LogP) is 6.19. The summed E-state index contributed by atoms with van der Waals surface area (Å²) in [5, 5.41) is 0. The zero-order valence-corrected chi connectivity index (χ0v) is 18.9. The lowest BCUT2D eigenvalue weighted by Gasteiger charge is -2.05. The van der Waals surface area contributed by atoms with Crippen LogP contribution in [-0.4, -0.2) is 20.1 Å². The van der Waals surface area contributed by atoms with Crippen LogP contribution in [0.2, 0.25) is 0 Å². The van der Waals surface area contributed by atoms with Gasteiger partial charge in [-0.1, -0.05) is 102 Å². The molecule has 0 atom stereocenters. The molecule has 1 aromatic rings. The van der Waals surface area contributed by atoms with Gasteiger partial charge in [-0.2, -0.15) is 0 Å². The number of primary amides is 1. The molecular formula is C24H41NO3S. The third-order valence-corrected chi connectivity index (χ3v) is 7.26. The molecule has 0 saturated heterocycles. The van der Waals surface area contributed by atoms with Crippen LogP contribution in [0.5, 0.6) is 0 Å². The fourth-order valence-corrected chi connectivity index (χ4v) is 5.03. The van der Waals surface area contributed by atoms with Crippen molar-refractivity contribution < 1.29 is 13.2 Å². The first-order valence-electron chi connectivity index (χ1n) is 11.6. The summed E-state index contributed by atoms with van der Waals surface area (Å²) in [5.74, 6) is 0.0864. The average Bonchev–Trinajstić information content (AvgIpc) is 2.70. The SMILES string of the molecule is NC(=O)CCCCCCCCCCCCCCCCCS(=O)(=O)c1ccccc1. The molecule has 1 amide bonds. The molecule has 1 rings (SSSR count). The minimum absolute atomic E-state index is 0.180. The number of benzene rings is 1. The zero-order valence-electron chi connectivity index (χ0n) is 18.1. The molecular weight excluding hydrogens is 382 g/mol. The van der Waals surface area contributed by atoms with Gasteiger partial charge in [0.05, 0.1) is 10.6 Å². The van der Waals surface area contributed by atoms with Crippen molar-refractivity contribution in [3.8, 4) is 0 Å². The highest BCUT2D eigenvalue weighted by Gasteiger charge is 2.12. The summed E-state index contributed by atoms with van der Waals surface area (Å²) in [5.41, 5.74) is 5.13. The normalized spacial score (nSPS) is 11.6. The standard InChI is InChI=1S/C24H41NO3S/c25-24(26)21-17-12-10-8-6-4-2-1-3-5-7-9-11-13-18-22-29(27,28)23-19-15-14-16-20-23/h14-16,19-20H,1-13,17-18,21-22H2,(H2,25,26). The summed E-state index contributed by atoms with van der Waals surface area (Å²) in [7, 11) is -3.10. The second kappa shape index (κ2) is 16.4. The molecule has 29 heavy (non-hydrogen) atoms. The number of hydrogen-bond acceptors (Lipinski definition) is 3. The molecule has 0 bridgehead atoms. The van der Waals surface area contributed by atoms with E-state index in [1.807, 2.05) is 6.07 Å². The Morgan fingerprint density at radius 2 is 1.00 bits per heavy atom. The Hall–Kier alpha value is -1.36. The summed E-state index contributed by atoms with van der Waals surface area (Å²) in [6.07, 6.45) is 18.4. The highest BCUT2D eigenvalue weighted by atomic mass is 32.2. The molecule has 0 fully saturated rings. The van der Waals surface area contributed by atoms with Crippen molar-refractivity contribution in [3.63, 3.8) is 0 Å². The number of carbonyl (C=O) groups is 1. The predicted molar refractivity (Wildman–Crippen MR) is 122 cm³/mol. The molecule has 0 heterocycles. The summed E-state index contributed by atoms with van der Waals surface area (Å²) in [4.78, 5) is 11.1. The highest BCUT2D eigenvalue weighted by molar-refractivity contribution is 7.91. The van der Waals surface area contributed by atoms with Gasteiger partial charge in [0.15, 0.2) is 9.84 Å². The van der Waals surface area contributed by atoms with Gasteiger partial charge in [0, 0.05) is 6.42 Å². The first-order valence-corrected chi connectivity index (χ1v) is 13.2. The molecule has 0 saturated carbocycles. The number of rotatable bonds is 19. The van der Waals surface area contributed by atoms with Crippen LogP contribution in [0, 0.1) is 0 Å². The van der Waals surface area contributed by atoms with Crippen molar-refractivity contribution >= 4 is 15.7 Å². The number of hydrogen-bond donors (Lipinski definition) is 1. The number of nitrogens with two attached hydrogens (primary N) is 1. The Labute approximate surface area is 178 Å². The van der Waals surface area contributed by atoms with Crippen LogP contribution in [0.4, 0.5) is 0 Å². The molecule has 1 aromatic carbocycles. The first kappa shape index (κ1) is 25.7. The van der Waals surface area contributed by atoms with Crippen LogP contribution in [0.25, 0.3) is 0 Å². The monoisotopic (exact) mass is 423 g/mol. The lowest BCUT2D eigenvalue weighted by atomic mass is 10.0. The highest BCUT2D eigenvalue weighted by Crippen LogP contribution is 2.15. The Balaban J connectivity index is 1.82. The largest absolute Gasteiger partial charge is 0.370 e. The minimum atomic E-state index is -3.10. The molecule has 2 N–H and O–H groups in total. The quantitative estimate of drug-likeness (QED) is 0.270. The Morgan fingerprint density at radius 1 is 0.621 bits per heavy atom. The average molecular weight is 424 g/mol. The first-order chi connectivity index (χ1) is 14.0. The second-order valence-electron chi connectivity index (χ2n) is 8.15. The van der Waals surface area contributed by atoms with E-state index in [1.54, 1.807) is 24.3 Å². The van der Waals surface area contributed by atoms with E-state index in [2.05, 4.69) is 0 Å². The van der Waals surface area contributed by atoms with Gasteiger partial charge in [-0.15, -0.1) is 0 Å². The van der Waals surface area contributed by atoms with E-state index in [4.69, 9.17) is 5.73 Å². The van der Waals surface area contributed by atoms with Gasteiger partial charge in [0.1, 0.15) is 0 Å². The van der Waals surface area contributed by atoms with Crippen molar-refractivity contribution in [2.45, 2.75) is 108 Å². The van der Waals surface area contributed by atoms with Gasteiger partial charge < -0.3 is 5.73 Å². The number of amides is 1. The third kappa shape index (κ3) is 14.3. The summed E-state index contributed by atoms with van der Waals surface area (Å²) < 4.78 is 24.4. The van der Waals surface area contributed by atoms with Crippen LogP contribution in [0.3, 0.4) is 0 Å². The van der Waals surface area contributed by atoms with Crippen molar-refractivity contribution in [1.82, 2.24) is 0 Å². The fraction of sp³-hybridized carbons (Fsp3) is 0.708. The van der Waals surface area contributed by atoms with Crippen molar-refractivity contribution in [1.29, 1.82) is 0 Å². The number of unbranched alkanes of at least 4 members (excludes halogenated alkanes) is 14. The molecule has 0 aromatic heterocycles. The second-order valence-corrected chi connectivity index (χ2v) is 10.3. The smallest absolute Gasteiger partial charge is 0.217 e. The maximum absolute atomic E-state index is 12.2. The van der Waals surface area contributed by atoms with E-state index in [0.717, 1.165) is 32.1 Å². The lowest BCUT2D eigenvalue weighted by molar-refractivity contribution is -0.118. The van der Waals surface area contributed by atoms with Crippen LogP contribution in [0.1, 0.15) is 103 Å². The van der Waals surface area contributed by atoms with E-state index >= 15 is 0 Å². The molecule has 5 heteroatoms. The molecule has 4 nitrogen and oxygen atoms in total. The Bertz CT molecular complexity index is 629. The van der Waals surface area contributed by atoms with E-state index < -0.39 is 9.84 Å². The van der Waals surface area contributed by atoms with Gasteiger partial charge in [-0.3, -0.25) is 4.79 Å².